The number of ether oxygens (including phenoxy) is 1. The van der Waals surface area contributed by atoms with Gasteiger partial charge in [-0.15, -0.1) is 0 Å². The molecule has 1 saturated carbocycles. The number of benzene rings is 1. The predicted octanol–water partition coefficient (Wildman–Crippen LogP) is 1.34. The lowest BCUT2D eigenvalue weighted by Gasteiger charge is -2.20. The molecule has 0 aromatic heterocycles. The molecule has 4 rings (SSSR count). The number of alkyl halides is 3. The van der Waals surface area contributed by atoms with Crippen molar-refractivity contribution in [3.63, 3.8) is 0 Å². The van der Waals surface area contributed by atoms with Gasteiger partial charge in [0.15, 0.2) is 9.84 Å². The fourth-order valence-corrected chi connectivity index (χ4v) is 5.67. The lowest BCUT2D eigenvalue weighted by atomic mass is 10.2. The zero-order chi connectivity index (χ0) is 23.3. The average molecular weight is 472 g/mol. The van der Waals surface area contributed by atoms with Crippen molar-refractivity contribution in [3.8, 4) is 6.07 Å². The normalized spacial score (nSPS) is 24.7. The second-order valence-corrected chi connectivity index (χ2v) is 10.2. The summed E-state index contributed by atoms with van der Waals surface area (Å²) >= 11 is 0. The third-order valence-corrected chi connectivity index (χ3v) is 8.03. The summed E-state index contributed by atoms with van der Waals surface area (Å²) in [7, 11) is -4.47. The highest BCUT2D eigenvalue weighted by molar-refractivity contribution is 7.92. The van der Waals surface area contributed by atoms with E-state index < -0.39 is 55.3 Å². The SMILES string of the molecule is N#CC1(NC(=O)[C@@H]2C[C@@H](S(=O)(=O)c3ccc(N4CCOC4=O)cc3C(F)(F)F)CN2)CC1. The minimum Gasteiger partial charge on any atom is -0.447 e. The van der Waals surface area contributed by atoms with Crippen LogP contribution in [0.5, 0.6) is 0 Å². The highest BCUT2D eigenvalue weighted by Gasteiger charge is 2.48. The van der Waals surface area contributed by atoms with Crippen molar-refractivity contribution in [2.45, 2.75) is 47.2 Å². The summed E-state index contributed by atoms with van der Waals surface area (Å²) in [5.74, 6) is -0.555. The van der Waals surface area contributed by atoms with Crippen molar-refractivity contribution < 1.29 is 35.9 Å². The number of nitrogens with zero attached hydrogens (tertiary/aromatic N) is 2. The van der Waals surface area contributed by atoms with Crippen molar-refractivity contribution in [1.82, 2.24) is 10.6 Å². The standard InChI is InChI=1S/C19H19F3N4O5S/c20-19(21,22)13-7-11(26-5-6-31-17(26)28)1-2-15(13)32(29,30)12-8-14(24-9-12)16(27)25-18(10-23)3-4-18/h1-2,7,12,14,24H,3-6,8-9H2,(H,25,27)/t12-,14+/m1/s1. The predicted molar refractivity (Wildman–Crippen MR) is 103 cm³/mol. The first-order chi connectivity index (χ1) is 15.0. The minimum absolute atomic E-state index is 0.0184. The van der Waals surface area contributed by atoms with Crippen molar-refractivity contribution in [1.29, 1.82) is 5.26 Å². The van der Waals surface area contributed by atoms with Gasteiger partial charge in [-0.05, 0) is 37.5 Å². The highest BCUT2D eigenvalue weighted by atomic mass is 32.2. The van der Waals surface area contributed by atoms with E-state index in [0.29, 0.717) is 18.9 Å². The van der Waals surface area contributed by atoms with Crippen LogP contribution in [-0.2, 0) is 25.5 Å². The molecule has 2 aliphatic heterocycles. The number of nitriles is 1. The highest BCUT2D eigenvalue weighted by Crippen LogP contribution is 2.39. The van der Waals surface area contributed by atoms with Crippen LogP contribution in [0, 0.1) is 11.3 Å². The largest absolute Gasteiger partial charge is 0.447 e. The molecule has 1 aliphatic carbocycles. The van der Waals surface area contributed by atoms with Crippen LogP contribution in [0.1, 0.15) is 24.8 Å². The van der Waals surface area contributed by atoms with Crippen molar-refractivity contribution in [2.24, 2.45) is 0 Å². The Morgan fingerprint density at radius 2 is 2.06 bits per heavy atom. The second-order valence-electron chi connectivity index (χ2n) is 7.99. The van der Waals surface area contributed by atoms with Gasteiger partial charge in [0, 0.05) is 12.2 Å². The maximum atomic E-state index is 13.8. The fraction of sp³-hybridized carbons (Fsp3) is 0.526. The zero-order valence-electron chi connectivity index (χ0n) is 16.6. The van der Waals surface area contributed by atoms with E-state index in [1.807, 2.05) is 6.07 Å². The van der Waals surface area contributed by atoms with Crippen LogP contribution in [0.25, 0.3) is 0 Å². The third kappa shape index (κ3) is 4.00. The van der Waals surface area contributed by atoms with Gasteiger partial charge in [-0.3, -0.25) is 9.69 Å². The number of cyclic esters (lactones) is 1. The molecule has 32 heavy (non-hydrogen) atoms. The molecule has 1 aromatic rings. The Balaban J connectivity index is 1.59. The molecule has 0 bridgehead atoms. The summed E-state index contributed by atoms with van der Waals surface area (Å²) in [5.41, 5.74) is -2.44. The summed E-state index contributed by atoms with van der Waals surface area (Å²) in [6.07, 6.45) is -5.04. The lowest BCUT2D eigenvalue weighted by Crippen LogP contribution is -2.45. The van der Waals surface area contributed by atoms with Crippen molar-refractivity contribution >= 4 is 27.5 Å². The van der Waals surface area contributed by atoms with Crippen LogP contribution in [0.4, 0.5) is 23.7 Å². The monoisotopic (exact) mass is 472 g/mol. The topological polar surface area (TPSA) is 129 Å². The molecule has 0 spiro atoms. The Hall–Kier alpha value is -2.85. The van der Waals surface area contributed by atoms with Gasteiger partial charge in [-0.2, -0.15) is 18.4 Å². The van der Waals surface area contributed by atoms with Crippen LogP contribution in [0.2, 0.25) is 0 Å². The summed E-state index contributed by atoms with van der Waals surface area (Å²) in [4.78, 5) is 24.1. The molecule has 0 unspecified atom stereocenters. The van der Waals surface area contributed by atoms with E-state index in [0.717, 1.165) is 17.0 Å². The van der Waals surface area contributed by atoms with Crippen LogP contribution >= 0.6 is 0 Å². The van der Waals surface area contributed by atoms with Crippen LogP contribution in [0.3, 0.4) is 0 Å². The first kappa shape index (κ1) is 22.3. The van der Waals surface area contributed by atoms with Gasteiger partial charge < -0.3 is 15.4 Å². The van der Waals surface area contributed by atoms with E-state index >= 15 is 0 Å². The lowest BCUT2D eigenvalue weighted by molar-refractivity contribution is -0.139. The quantitative estimate of drug-likeness (QED) is 0.662. The molecular formula is C19H19F3N4O5S. The molecule has 0 radical (unpaired) electrons. The maximum absolute atomic E-state index is 13.8. The summed E-state index contributed by atoms with van der Waals surface area (Å²) in [6, 6.07) is 3.64. The number of hydrogen-bond donors (Lipinski definition) is 2. The Bertz CT molecular complexity index is 1110. The summed E-state index contributed by atoms with van der Waals surface area (Å²) in [6.45, 7) is -0.141. The van der Waals surface area contributed by atoms with Crippen molar-refractivity contribution in [2.75, 3.05) is 24.6 Å². The number of hydrogen-bond acceptors (Lipinski definition) is 7. The molecule has 172 valence electrons. The molecule has 13 heteroatoms. The van der Waals surface area contributed by atoms with Crippen LogP contribution in [-0.4, -0.2) is 56.9 Å². The molecular weight excluding hydrogens is 453 g/mol. The van der Waals surface area contributed by atoms with Crippen LogP contribution < -0.4 is 15.5 Å². The smallest absolute Gasteiger partial charge is 0.417 e. The summed E-state index contributed by atoms with van der Waals surface area (Å²) in [5, 5.41) is 13.1. The first-order valence-electron chi connectivity index (χ1n) is 9.83. The number of carbonyl (C=O) groups excluding carboxylic acids is 2. The van der Waals surface area contributed by atoms with E-state index in [4.69, 9.17) is 10.00 Å². The van der Waals surface area contributed by atoms with E-state index in [9.17, 15) is 31.2 Å². The molecule has 3 aliphatic rings. The van der Waals surface area contributed by atoms with Gasteiger partial charge in [0.25, 0.3) is 0 Å². The first-order valence-corrected chi connectivity index (χ1v) is 11.4. The Kier molecular flexibility index (Phi) is 5.33. The fourth-order valence-electron chi connectivity index (χ4n) is 3.82. The van der Waals surface area contributed by atoms with E-state index in [1.165, 1.54) is 0 Å². The van der Waals surface area contributed by atoms with E-state index in [2.05, 4.69) is 10.6 Å². The number of amides is 2. The van der Waals surface area contributed by atoms with Gasteiger partial charge in [-0.25, -0.2) is 13.2 Å². The Labute approximate surface area is 181 Å². The summed E-state index contributed by atoms with van der Waals surface area (Å²) < 4.78 is 72.2. The van der Waals surface area contributed by atoms with Gasteiger partial charge in [0.2, 0.25) is 5.91 Å². The number of halogens is 3. The number of nitrogens with one attached hydrogen (secondary N) is 2. The van der Waals surface area contributed by atoms with Gasteiger partial charge in [-0.1, -0.05) is 0 Å². The van der Waals surface area contributed by atoms with Gasteiger partial charge in [0.05, 0.1) is 34.4 Å². The van der Waals surface area contributed by atoms with Crippen LogP contribution in [0.15, 0.2) is 23.1 Å². The Morgan fingerprint density at radius 1 is 1.34 bits per heavy atom. The van der Waals surface area contributed by atoms with E-state index in [-0.39, 0.29) is 31.8 Å². The molecule has 2 heterocycles. The zero-order valence-corrected chi connectivity index (χ0v) is 17.4. The second kappa shape index (κ2) is 7.63. The molecule has 2 amide bonds. The number of sulfone groups is 1. The number of anilines is 1. The third-order valence-electron chi connectivity index (χ3n) is 5.82. The van der Waals surface area contributed by atoms with Gasteiger partial charge >= 0.3 is 12.3 Å². The number of rotatable bonds is 5. The molecule has 2 saturated heterocycles. The van der Waals surface area contributed by atoms with Gasteiger partial charge in [0.1, 0.15) is 12.1 Å². The van der Waals surface area contributed by atoms with Crippen molar-refractivity contribution in [3.05, 3.63) is 23.8 Å². The molecule has 9 nitrogen and oxygen atoms in total. The Morgan fingerprint density at radius 3 is 2.62 bits per heavy atom. The average Bonchev–Trinajstić information content (AvgIpc) is 3.13. The molecule has 1 aromatic carbocycles. The molecule has 3 fully saturated rings. The van der Waals surface area contributed by atoms with E-state index in [1.54, 1.807) is 0 Å². The maximum Gasteiger partial charge on any atom is 0.417 e. The minimum atomic E-state index is -4.99. The molecule has 2 atom stereocenters. The number of carbonyl (C=O) groups is 2. The molecule has 2 N–H and O–H groups in total.